The molecule has 0 unspecified atom stereocenters. The molecule has 0 aliphatic carbocycles. The Morgan fingerprint density at radius 2 is 0.613 bits per heavy atom. The van der Waals surface area contributed by atoms with Gasteiger partial charge >= 0.3 is 11.9 Å². The van der Waals surface area contributed by atoms with Crippen molar-refractivity contribution in [3.63, 3.8) is 0 Å². The fourth-order valence-corrected chi connectivity index (χ4v) is 3.53. The van der Waals surface area contributed by atoms with Crippen molar-refractivity contribution in [3.8, 4) is 0 Å². The van der Waals surface area contributed by atoms with E-state index in [4.69, 9.17) is 10.2 Å². The average Bonchev–Trinajstić information content (AvgIpc) is 2.71. The third-order valence-corrected chi connectivity index (χ3v) is 5.49. The molecular formula is C26H52CoO4. The van der Waals surface area contributed by atoms with Crippen LogP contribution in [0.2, 0.25) is 0 Å². The summed E-state index contributed by atoms with van der Waals surface area (Å²) in [6.45, 7) is 4.48. The molecule has 0 heterocycles. The molecule has 0 spiro atoms. The minimum atomic E-state index is -0.658. The summed E-state index contributed by atoms with van der Waals surface area (Å²) in [4.78, 5) is 20.5. The zero-order valence-corrected chi connectivity index (χ0v) is 21.6. The van der Waals surface area contributed by atoms with Gasteiger partial charge in [-0.05, 0) is 12.8 Å². The molecular weight excluding hydrogens is 435 g/mol. The van der Waals surface area contributed by atoms with Crippen molar-refractivity contribution in [2.45, 2.75) is 155 Å². The largest absolute Gasteiger partial charge is 0.481 e. The summed E-state index contributed by atoms with van der Waals surface area (Å²) >= 11 is 0. The molecule has 4 nitrogen and oxygen atoms in total. The summed E-state index contributed by atoms with van der Waals surface area (Å²) < 4.78 is 0. The van der Waals surface area contributed by atoms with E-state index >= 15 is 0 Å². The van der Waals surface area contributed by atoms with Gasteiger partial charge in [0.2, 0.25) is 0 Å². The van der Waals surface area contributed by atoms with Crippen LogP contribution in [0.1, 0.15) is 155 Å². The SMILES string of the molecule is CCCCCCCCCCCCC(=O)O.CCCCCCCCCCCCC(=O)O.[Co]. The van der Waals surface area contributed by atoms with Gasteiger partial charge in [-0.25, -0.2) is 0 Å². The van der Waals surface area contributed by atoms with Crippen LogP contribution < -0.4 is 0 Å². The second-order valence-corrected chi connectivity index (χ2v) is 8.65. The van der Waals surface area contributed by atoms with Crippen LogP contribution in [-0.4, -0.2) is 22.2 Å². The van der Waals surface area contributed by atoms with E-state index in [1.54, 1.807) is 0 Å². The second kappa shape index (κ2) is 31.6. The van der Waals surface area contributed by atoms with Gasteiger partial charge < -0.3 is 10.2 Å². The molecule has 0 aromatic rings. The number of carbonyl (C=O) groups is 2. The number of carboxylic acid groups (broad SMARTS) is 2. The maximum absolute atomic E-state index is 10.2. The van der Waals surface area contributed by atoms with Crippen LogP contribution in [-0.2, 0) is 26.4 Å². The van der Waals surface area contributed by atoms with Crippen LogP contribution in [0.25, 0.3) is 0 Å². The second-order valence-electron chi connectivity index (χ2n) is 8.65. The van der Waals surface area contributed by atoms with Crippen LogP contribution in [0, 0.1) is 0 Å². The van der Waals surface area contributed by atoms with Crippen molar-refractivity contribution in [3.05, 3.63) is 0 Å². The van der Waals surface area contributed by atoms with E-state index in [1.807, 2.05) is 0 Å². The van der Waals surface area contributed by atoms with Crippen molar-refractivity contribution in [1.29, 1.82) is 0 Å². The van der Waals surface area contributed by atoms with Crippen LogP contribution in [0.4, 0.5) is 0 Å². The Morgan fingerprint density at radius 3 is 0.806 bits per heavy atom. The van der Waals surface area contributed by atoms with E-state index in [9.17, 15) is 9.59 Å². The van der Waals surface area contributed by atoms with Crippen molar-refractivity contribution < 1.29 is 36.6 Å². The molecule has 2 N–H and O–H groups in total. The van der Waals surface area contributed by atoms with E-state index < -0.39 is 11.9 Å². The molecule has 0 bridgehead atoms. The Bertz CT molecular complexity index is 327. The molecule has 1 radical (unpaired) electrons. The standard InChI is InChI=1S/2C13H26O2.Co/c2*1-2-3-4-5-6-7-8-9-10-11-12-13(14)15;/h2*2-12H2,1H3,(H,14,15);. The average molecular weight is 488 g/mol. The summed E-state index contributed by atoms with van der Waals surface area (Å²) in [6.07, 6.45) is 25.8. The molecule has 0 aliphatic heterocycles. The van der Waals surface area contributed by atoms with E-state index in [0.717, 1.165) is 25.7 Å². The summed E-state index contributed by atoms with van der Waals surface area (Å²) in [5.41, 5.74) is 0. The summed E-state index contributed by atoms with van der Waals surface area (Å²) in [6, 6.07) is 0. The first-order valence-electron chi connectivity index (χ1n) is 13.0. The Kier molecular flexibility index (Phi) is 35.8. The number of unbranched alkanes of at least 4 members (excludes halogenated alkanes) is 18. The van der Waals surface area contributed by atoms with Gasteiger partial charge in [0.25, 0.3) is 0 Å². The number of hydrogen-bond acceptors (Lipinski definition) is 2. The Balaban J connectivity index is -0.000000490. The van der Waals surface area contributed by atoms with Gasteiger partial charge in [-0.15, -0.1) is 0 Å². The maximum Gasteiger partial charge on any atom is 0.303 e. The van der Waals surface area contributed by atoms with Crippen molar-refractivity contribution in [2.75, 3.05) is 0 Å². The quantitative estimate of drug-likeness (QED) is 0.150. The van der Waals surface area contributed by atoms with Gasteiger partial charge in [0.1, 0.15) is 0 Å². The minimum absolute atomic E-state index is 0. The Morgan fingerprint density at radius 1 is 0.419 bits per heavy atom. The summed E-state index contributed by atoms with van der Waals surface area (Å²) in [5.74, 6) is -1.32. The molecule has 31 heavy (non-hydrogen) atoms. The van der Waals surface area contributed by atoms with Crippen LogP contribution >= 0.6 is 0 Å². The van der Waals surface area contributed by atoms with Crippen LogP contribution in [0.3, 0.4) is 0 Å². The smallest absolute Gasteiger partial charge is 0.303 e. The predicted molar refractivity (Wildman–Crippen MR) is 128 cm³/mol. The fourth-order valence-electron chi connectivity index (χ4n) is 3.53. The number of aliphatic carboxylic acids is 2. The van der Waals surface area contributed by atoms with Crippen molar-refractivity contribution >= 4 is 11.9 Å². The minimum Gasteiger partial charge on any atom is -0.481 e. The first-order valence-corrected chi connectivity index (χ1v) is 13.0. The number of carboxylic acids is 2. The first-order chi connectivity index (χ1) is 14.5. The van der Waals surface area contributed by atoms with E-state index in [2.05, 4.69) is 13.8 Å². The Hall–Kier alpha value is -0.554. The predicted octanol–water partition coefficient (Wildman–Crippen LogP) is 8.76. The van der Waals surface area contributed by atoms with Gasteiger partial charge in [-0.3, -0.25) is 9.59 Å². The molecule has 0 saturated heterocycles. The number of hydrogen-bond donors (Lipinski definition) is 2. The Labute approximate surface area is 203 Å². The van der Waals surface area contributed by atoms with Gasteiger partial charge in [-0.2, -0.15) is 0 Å². The van der Waals surface area contributed by atoms with Gasteiger partial charge in [0.05, 0.1) is 0 Å². The third-order valence-electron chi connectivity index (χ3n) is 5.49. The molecule has 0 saturated carbocycles. The van der Waals surface area contributed by atoms with Crippen molar-refractivity contribution in [1.82, 2.24) is 0 Å². The third kappa shape index (κ3) is 40.4. The zero-order chi connectivity index (χ0) is 22.7. The van der Waals surface area contributed by atoms with Gasteiger partial charge in [0.15, 0.2) is 0 Å². The molecule has 0 aliphatic rings. The topological polar surface area (TPSA) is 74.6 Å². The number of rotatable bonds is 22. The molecule has 0 amide bonds. The van der Waals surface area contributed by atoms with E-state index in [0.29, 0.717) is 12.8 Å². The molecule has 0 rings (SSSR count). The monoisotopic (exact) mass is 487 g/mol. The van der Waals surface area contributed by atoms with Crippen LogP contribution in [0.15, 0.2) is 0 Å². The van der Waals surface area contributed by atoms with Crippen molar-refractivity contribution in [2.24, 2.45) is 0 Å². The van der Waals surface area contributed by atoms with Gasteiger partial charge in [0, 0.05) is 29.6 Å². The molecule has 5 heteroatoms. The first kappa shape index (κ1) is 35.0. The fraction of sp³-hybridized carbons (Fsp3) is 0.923. The van der Waals surface area contributed by atoms with Crippen LogP contribution in [0.5, 0.6) is 0 Å². The normalized spacial score (nSPS) is 10.1. The summed E-state index contributed by atoms with van der Waals surface area (Å²) in [7, 11) is 0. The molecule has 0 aromatic carbocycles. The maximum atomic E-state index is 10.2. The molecule has 0 aromatic heterocycles. The zero-order valence-electron chi connectivity index (χ0n) is 20.6. The van der Waals surface area contributed by atoms with E-state index in [-0.39, 0.29) is 16.8 Å². The molecule has 0 atom stereocenters. The molecule has 0 fully saturated rings. The molecule has 189 valence electrons. The van der Waals surface area contributed by atoms with Gasteiger partial charge in [-0.1, -0.05) is 129 Å². The summed E-state index contributed by atoms with van der Waals surface area (Å²) in [5, 5.41) is 16.9. The van der Waals surface area contributed by atoms with E-state index in [1.165, 1.54) is 103 Å².